The zero-order valence-corrected chi connectivity index (χ0v) is 15.0. The lowest BCUT2D eigenvalue weighted by Gasteiger charge is -2.14. The third-order valence-corrected chi connectivity index (χ3v) is 4.28. The Bertz CT molecular complexity index is 923. The van der Waals surface area contributed by atoms with Crippen LogP contribution in [0.25, 0.3) is 11.0 Å². The molecule has 0 saturated carbocycles. The van der Waals surface area contributed by atoms with Gasteiger partial charge in [0.25, 0.3) is 0 Å². The maximum atomic E-state index is 12.3. The molecule has 2 heterocycles. The van der Waals surface area contributed by atoms with Crippen LogP contribution in [-0.2, 0) is 6.54 Å². The van der Waals surface area contributed by atoms with E-state index in [0.717, 1.165) is 15.6 Å². The van der Waals surface area contributed by atoms with Gasteiger partial charge in [0, 0.05) is 6.20 Å². The number of aromatic amines is 1. The van der Waals surface area contributed by atoms with Crippen molar-refractivity contribution in [1.82, 2.24) is 14.5 Å². The molecule has 0 aliphatic carbocycles. The molecule has 7 nitrogen and oxygen atoms in total. The number of nitrogens with one attached hydrogen (secondary N) is 1. The molecule has 0 radical (unpaired) electrons. The smallest absolute Gasteiger partial charge is 0.326 e. The molecule has 0 aliphatic heterocycles. The van der Waals surface area contributed by atoms with E-state index in [4.69, 9.17) is 14.2 Å². The number of hydrogen-bond acceptors (Lipinski definition) is 5. The minimum Gasteiger partial charge on any atom is -0.493 e. The molecule has 0 saturated heterocycles. The van der Waals surface area contributed by atoms with Crippen molar-refractivity contribution in [2.75, 3.05) is 21.3 Å². The van der Waals surface area contributed by atoms with Gasteiger partial charge in [-0.15, -0.1) is 0 Å². The highest BCUT2D eigenvalue weighted by atomic mass is 79.9. The molecule has 126 valence electrons. The lowest BCUT2D eigenvalue weighted by Crippen LogP contribution is -2.17. The van der Waals surface area contributed by atoms with Crippen molar-refractivity contribution in [1.29, 1.82) is 0 Å². The molecule has 0 fully saturated rings. The first-order valence-corrected chi connectivity index (χ1v) is 7.89. The third-order valence-electron chi connectivity index (χ3n) is 3.69. The molecule has 1 aromatic carbocycles. The Morgan fingerprint density at radius 1 is 1.12 bits per heavy atom. The number of rotatable bonds is 5. The van der Waals surface area contributed by atoms with Gasteiger partial charge in [0.1, 0.15) is 0 Å². The van der Waals surface area contributed by atoms with Gasteiger partial charge in [-0.3, -0.25) is 9.55 Å². The monoisotopic (exact) mass is 393 g/mol. The van der Waals surface area contributed by atoms with Crippen molar-refractivity contribution >= 4 is 27.0 Å². The summed E-state index contributed by atoms with van der Waals surface area (Å²) in [5.74, 6) is 1.60. The van der Waals surface area contributed by atoms with E-state index in [1.807, 2.05) is 12.1 Å². The third kappa shape index (κ3) is 2.73. The maximum Gasteiger partial charge on any atom is 0.326 e. The van der Waals surface area contributed by atoms with Crippen LogP contribution in [-0.4, -0.2) is 35.9 Å². The molecule has 0 amide bonds. The highest BCUT2D eigenvalue weighted by Gasteiger charge is 2.16. The first-order chi connectivity index (χ1) is 11.6. The van der Waals surface area contributed by atoms with Gasteiger partial charge in [0.2, 0.25) is 5.75 Å². The van der Waals surface area contributed by atoms with Gasteiger partial charge < -0.3 is 19.2 Å². The molecule has 3 rings (SSSR count). The average molecular weight is 394 g/mol. The number of ether oxygens (including phenoxy) is 3. The second kappa shape index (κ2) is 6.56. The Morgan fingerprint density at radius 3 is 2.38 bits per heavy atom. The summed E-state index contributed by atoms with van der Waals surface area (Å²) in [6, 6.07) is 3.64. The zero-order chi connectivity index (χ0) is 17.3. The summed E-state index contributed by atoms with van der Waals surface area (Å²) in [4.78, 5) is 19.2. The molecular formula is C16H16BrN3O4. The van der Waals surface area contributed by atoms with E-state index in [9.17, 15) is 4.79 Å². The van der Waals surface area contributed by atoms with E-state index < -0.39 is 0 Å². The van der Waals surface area contributed by atoms with Crippen LogP contribution in [0.1, 0.15) is 5.56 Å². The largest absolute Gasteiger partial charge is 0.493 e. The maximum absolute atomic E-state index is 12.3. The molecule has 0 bridgehead atoms. The SMILES string of the molecule is COc1cc(Cn2c(=O)[nH]c3cncc(Br)c32)cc(OC)c1OC. The minimum atomic E-state index is -0.215. The lowest BCUT2D eigenvalue weighted by molar-refractivity contribution is 0.323. The van der Waals surface area contributed by atoms with Crippen LogP contribution in [0.5, 0.6) is 17.2 Å². The molecule has 2 aromatic heterocycles. The topological polar surface area (TPSA) is 78.4 Å². The number of imidazole rings is 1. The van der Waals surface area contributed by atoms with E-state index in [-0.39, 0.29) is 5.69 Å². The van der Waals surface area contributed by atoms with E-state index in [0.29, 0.717) is 29.3 Å². The summed E-state index contributed by atoms with van der Waals surface area (Å²) >= 11 is 3.44. The predicted octanol–water partition coefficient (Wildman–Crippen LogP) is 2.56. The van der Waals surface area contributed by atoms with E-state index in [1.54, 1.807) is 38.3 Å². The highest BCUT2D eigenvalue weighted by Crippen LogP contribution is 2.38. The number of pyridine rings is 1. The first-order valence-electron chi connectivity index (χ1n) is 7.10. The first kappa shape index (κ1) is 16.4. The lowest BCUT2D eigenvalue weighted by atomic mass is 10.1. The number of H-pyrrole nitrogens is 1. The van der Waals surface area contributed by atoms with E-state index in [2.05, 4.69) is 25.9 Å². The van der Waals surface area contributed by atoms with E-state index in [1.165, 1.54) is 0 Å². The number of nitrogens with zero attached hydrogens (tertiary/aromatic N) is 2. The van der Waals surface area contributed by atoms with Gasteiger partial charge in [-0.25, -0.2) is 4.79 Å². The van der Waals surface area contributed by atoms with E-state index >= 15 is 0 Å². The fourth-order valence-electron chi connectivity index (χ4n) is 2.64. The molecule has 3 aromatic rings. The molecule has 0 aliphatic rings. The van der Waals surface area contributed by atoms with Crippen LogP contribution in [0.4, 0.5) is 0 Å². The molecule has 0 spiro atoms. The van der Waals surface area contributed by atoms with Gasteiger partial charge >= 0.3 is 5.69 Å². The molecule has 0 atom stereocenters. The Hall–Kier alpha value is -2.48. The summed E-state index contributed by atoms with van der Waals surface area (Å²) in [5, 5.41) is 0. The zero-order valence-electron chi connectivity index (χ0n) is 13.4. The normalized spacial score (nSPS) is 10.8. The molecule has 8 heteroatoms. The molecule has 1 N–H and O–H groups in total. The van der Waals surface area contributed by atoms with Crippen molar-refractivity contribution in [2.24, 2.45) is 0 Å². The van der Waals surface area contributed by atoms with Gasteiger partial charge in [-0.05, 0) is 33.6 Å². The molecule has 24 heavy (non-hydrogen) atoms. The van der Waals surface area contributed by atoms with Crippen molar-refractivity contribution in [2.45, 2.75) is 6.54 Å². The summed E-state index contributed by atoms with van der Waals surface area (Å²) < 4.78 is 18.4. The van der Waals surface area contributed by atoms with Gasteiger partial charge in [-0.2, -0.15) is 0 Å². The van der Waals surface area contributed by atoms with Crippen LogP contribution in [0.3, 0.4) is 0 Å². The van der Waals surface area contributed by atoms with Crippen LogP contribution in [0, 0.1) is 0 Å². The van der Waals surface area contributed by atoms with Gasteiger partial charge in [0.05, 0.1) is 49.6 Å². The fourth-order valence-corrected chi connectivity index (χ4v) is 3.18. The van der Waals surface area contributed by atoms with Crippen LogP contribution in [0.2, 0.25) is 0 Å². The van der Waals surface area contributed by atoms with Crippen LogP contribution >= 0.6 is 15.9 Å². The minimum absolute atomic E-state index is 0.215. The standard InChI is InChI=1S/C16H16BrN3O4/c1-22-12-4-9(5-13(23-2)15(12)24-3)8-20-14-10(17)6-18-7-11(14)19-16(20)21/h4-7H,8H2,1-3H3,(H,19,21). The Labute approximate surface area is 146 Å². The number of benzene rings is 1. The van der Waals surface area contributed by atoms with Crippen molar-refractivity contribution in [3.8, 4) is 17.2 Å². The number of methoxy groups -OCH3 is 3. The fraction of sp³-hybridized carbons (Fsp3) is 0.250. The predicted molar refractivity (Wildman–Crippen MR) is 93.3 cm³/mol. The highest BCUT2D eigenvalue weighted by molar-refractivity contribution is 9.10. The Balaban J connectivity index is 2.12. The van der Waals surface area contributed by atoms with Crippen molar-refractivity contribution < 1.29 is 14.2 Å². The van der Waals surface area contributed by atoms with Crippen molar-refractivity contribution in [3.05, 3.63) is 45.0 Å². The van der Waals surface area contributed by atoms with Gasteiger partial charge in [0.15, 0.2) is 11.5 Å². The van der Waals surface area contributed by atoms with Crippen LogP contribution in [0.15, 0.2) is 33.8 Å². The summed E-state index contributed by atoms with van der Waals surface area (Å²) in [6.45, 7) is 0.345. The average Bonchev–Trinajstić information content (AvgIpc) is 2.90. The molecule has 0 unspecified atom stereocenters. The number of hydrogen-bond donors (Lipinski definition) is 1. The number of aromatic nitrogens is 3. The summed E-state index contributed by atoms with van der Waals surface area (Å²) in [7, 11) is 4.66. The molecular weight excluding hydrogens is 378 g/mol. The number of fused-ring (bicyclic) bond motifs is 1. The second-order valence-corrected chi connectivity index (χ2v) is 5.92. The van der Waals surface area contributed by atoms with Crippen molar-refractivity contribution in [3.63, 3.8) is 0 Å². The van der Waals surface area contributed by atoms with Gasteiger partial charge in [-0.1, -0.05) is 0 Å². The Morgan fingerprint density at radius 2 is 1.79 bits per heavy atom. The number of halogens is 1. The Kier molecular flexibility index (Phi) is 4.48. The summed E-state index contributed by atoms with van der Waals surface area (Å²) in [6.07, 6.45) is 3.27. The summed E-state index contributed by atoms with van der Waals surface area (Å²) in [5.41, 5.74) is 2.05. The quantitative estimate of drug-likeness (QED) is 0.720. The second-order valence-electron chi connectivity index (χ2n) is 5.07. The van der Waals surface area contributed by atoms with Crippen LogP contribution < -0.4 is 19.9 Å².